The Morgan fingerprint density at radius 2 is 1.91 bits per heavy atom. The van der Waals surface area contributed by atoms with Gasteiger partial charge in [-0.1, -0.05) is 44.2 Å². The summed E-state index contributed by atoms with van der Waals surface area (Å²) in [7, 11) is 0. The van der Waals surface area contributed by atoms with Crippen molar-refractivity contribution in [3.8, 4) is 5.88 Å². The minimum Gasteiger partial charge on any atom is -0.474 e. The molecule has 0 saturated carbocycles. The van der Waals surface area contributed by atoms with Crippen LogP contribution in [0.3, 0.4) is 0 Å². The van der Waals surface area contributed by atoms with Crippen molar-refractivity contribution in [1.29, 1.82) is 0 Å². The van der Waals surface area contributed by atoms with Gasteiger partial charge in [0.2, 0.25) is 5.88 Å². The zero-order chi connectivity index (χ0) is 22.3. The Kier molecular flexibility index (Phi) is 7.58. The van der Waals surface area contributed by atoms with Crippen molar-refractivity contribution in [3.05, 3.63) is 53.0 Å². The summed E-state index contributed by atoms with van der Waals surface area (Å²) in [6.45, 7) is 7.60. The number of hydrogen-bond donors (Lipinski definition) is 1. The summed E-state index contributed by atoms with van der Waals surface area (Å²) in [5.41, 5.74) is 3.38. The number of urea groups is 1. The fraction of sp³-hybridized carbons (Fsp3) is 0.560. The lowest BCUT2D eigenvalue weighted by molar-refractivity contribution is 0.105. The molecule has 0 bridgehead atoms. The lowest BCUT2D eigenvalue weighted by atomic mass is 10.1. The molecule has 4 rings (SSSR count). The van der Waals surface area contributed by atoms with E-state index in [1.165, 1.54) is 5.56 Å². The molecule has 2 amide bonds. The van der Waals surface area contributed by atoms with Gasteiger partial charge in [0.05, 0.1) is 18.9 Å². The molecule has 7 nitrogen and oxygen atoms in total. The first kappa shape index (κ1) is 22.5. The fourth-order valence-corrected chi connectivity index (χ4v) is 4.19. The molecule has 2 aliphatic rings. The average molecular weight is 439 g/mol. The van der Waals surface area contributed by atoms with Gasteiger partial charge in [0.25, 0.3) is 0 Å². The van der Waals surface area contributed by atoms with E-state index in [-0.39, 0.29) is 18.1 Å². The summed E-state index contributed by atoms with van der Waals surface area (Å²) in [5.74, 6) is 1.79. The second kappa shape index (κ2) is 10.8. The molecule has 0 radical (unpaired) electrons. The highest BCUT2D eigenvalue weighted by molar-refractivity contribution is 5.74. The lowest BCUT2D eigenvalue weighted by Crippen LogP contribution is -2.47. The molecule has 2 aromatic rings. The molecule has 172 valence electrons. The van der Waals surface area contributed by atoms with E-state index in [1.54, 1.807) is 0 Å². The molecule has 0 atom stereocenters. The minimum atomic E-state index is 0.00882. The monoisotopic (exact) mass is 438 g/mol. The Bertz CT molecular complexity index is 896. The van der Waals surface area contributed by atoms with Gasteiger partial charge in [0, 0.05) is 56.8 Å². The molecule has 1 aromatic carbocycles. The van der Waals surface area contributed by atoms with Crippen LogP contribution in [0.2, 0.25) is 0 Å². The third-order valence-corrected chi connectivity index (χ3v) is 6.11. The molecule has 1 N–H and O–H groups in total. The Labute approximate surface area is 190 Å². The highest BCUT2D eigenvalue weighted by Gasteiger charge is 2.26. The largest absolute Gasteiger partial charge is 0.474 e. The number of hydrogen-bond acceptors (Lipinski definition) is 5. The molecule has 3 heterocycles. The van der Waals surface area contributed by atoms with Crippen LogP contribution in [0.15, 0.2) is 30.3 Å². The van der Waals surface area contributed by atoms with Crippen molar-refractivity contribution < 1.29 is 14.3 Å². The standard InChI is InChI=1S/C25H34N4O3/c1-18(2)23-27-22-12-17-31-16-11-21(22)24(28-23)32-20-9-14-29(15-10-20)25(30)26-13-8-19-6-4-3-5-7-19/h3-7,18,20H,8-17H2,1-2H3,(H,26,30). The highest BCUT2D eigenvalue weighted by Crippen LogP contribution is 2.27. The van der Waals surface area contributed by atoms with Crippen LogP contribution in [0.25, 0.3) is 0 Å². The van der Waals surface area contributed by atoms with Crippen LogP contribution in [0, 0.1) is 0 Å². The second-order valence-corrected chi connectivity index (χ2v) is 8.85. The average Bonchev–Trinajstić information content (AvgIpc) is 3.06. The highest BCUT2D eigenvalue weighted by atomic mass is 16.5. The van der Waals surface area contributed by atoms with Gasteiger partial charge in [-0.2, -0.15) is 4.98 Å². The number of carbonyl (C=O) groups is 1. The molecule has 1 aromatic heterocycles. The van der Waals surface area contributed by atoms with E-state index in [9.17, 15) is 4.79 Å². The Morgan fingerprint density at radius 3 is 2.66 bits per heavy atom. The minimum absolute atomic E-state index is 0.00882. The number of nitrogens with zero attached hydrogens (tertiary/aromatic N) is 3. The Morgan fingerprint density at radius 1 is 1.16 bits per heavy atom. The maximum absolute atomic E-state index is 12.5. The van der Waals surface area contributed by atoms with Crippen molar-refractivity contribution >= 4 is 6.03 Å². The number of fused-ring (bicyclic) bond motifs is 1. The van der Waals surface area contributed by atoms with Crippen LogP contribution in [0.4, 0.5) is 4.79 Å². The number of nitrogens with one attached hydrogen (secondary N) is 1. The van der Waals surface area contributed by atoms with Crippen LogP contribution in [0.5, 0.6) is 5.88 Å². The van der Waals surface area contributed by atoms with Gasteiger partial charge in [0.1, 0.15) is 11.9 Å². The summed E-state index contributed by atoms with van der Waals surface area (Å²) in [4.78, 5) is 24.0. The first-order valence-corrected chi connectivity index (χ1v) is 11.8. The van der Waals surface area contributed by atoms with E-state index < -0.39 is 0 Å². The lowest BCUT2D eigenvalue weighted by Gasteiger charge is -2.32. The van der Waals surface area contributed by atoms with Gasteiger partial charge in [-0.3, -0.25) is 0 Å². The van der Waals surface area contributed by atoms with Gasteiger partial charge in [-0.25, -0.2) is 9.78 Å². The number of likely N-dealkylation sites (tertiary alicyclic amines) is 1. The van der Waals surface area contributed by atoms with Gasteiger partial charge in [0.15, 0.2) is 0 Å². The Hall–Kier alpha value is -2.67. The summed E-state index contributed by atoms with van der Waals surface area (Å²) < 4.78 is 12.1. The van der Waals surface area contributed by atoms with Crippen LogP contribution in [0.1, 0.15) is 55.3 Å². The normalized spacial score (nSPS) is 17.0. The smallest absolute Gasteiger partial charge is 0.317 e. The quantitative estimate of drug-likeness (QED) is 0.747. The number of benzene rings is 1. The Balaban J connectivity index is 1.31. The van der Waals surface area contributed by atoms with E-state index >= 15 is 0 Å². The van der Waals surface area contributed by atoms with Crippen LogP contribution >= 0.6 is 0 Å². The van der Waals surface area contributed by atoms with E-state index in [4.69, 9.17) is 19.4 Å². The number of carbonyl (C=O) groups excluding carboxylic acids is 1. The molecule has 32 heavy (non-hydrogen) atoms. The topological polar surface area (TPSA) is 76.6 Å². The van der Waals surface area contributed by atoms with E-state index in [1.807, 2.05) is 23.1 Å². The summed E-state index contributed by atoms with van der Waals surface area (Å²) >= 11 is 0. The third kappa shape index (κ3) is 5.76. The summed E-state index contributed by atoms with van der Waals surface area (Å²) in [6.07, 6.45) is 4.09. The number of rotatable bonds is 6. The number of piperidine rings is 1. The molecule has 0 spiro atoms. The molecule has 0 unspecified atom stereocenters. The summed E-state index contributed by atoms with van der Waals surface area (Å²) in [5, 5.41) is 3.04. The van der Waals surface area contributed by atoms with Crippen molar-refractivity contribution in [2.24, 2.45) is 0 Å². The van der Waals surface area contributed by atoms with E-state index in [2.05, 4.69) is 31.3 Å². The van der Waals surface area contributed by atoms with E-state index in [0.717, 1.165) is 55.1 Å². The maximum Gasteiger partial charge on any atom is 0.317 e. The van der Waals surface area contributed by atoms with Gasteiger partial charge in [-0.15, -0.1) is 0 Å². The SMILES string of the molecule is CC(C)c1nc2c(c(OC3CCN(C(=O)NCCc4ccccc4)CC3)n1)CCOCC2. The zero-order valence-electron chi connectivity index (χ0n) is 19.2. The molecule has 1 fully saturated rings. The van der Waals surface area contributed by atoms with Gasteiger partial charge < -0.3 is 19.7 Å². The summed E-state index contributed by atoms with van der Waals surface area (Å²) in [6, 6.07) is 10.2. The predicted molar refractivity (Wildman–Crippen MR) is 123 cm³/mol. The zero-order valence-corrected chi connectivity index (χ0v) is 19.2. The van der Waals surface area contributed by atoms with Crippen molar-refractivity contribution in [2.75, 3.05) is 32.8 Å². The second-order valence-electron chi connectivity index (χ2n) is 8.85. The first-order valence-electron chi connectivity index (χ1n) is 11.8. The number of amides is 2. The molecule has 0 aliphatic carbocycles. The molecule has 7 heteroatoms. The predicted octanol–water partition coefficient (Wildman–Crippen LogP) is 3.51. The van der Waals surface area contributed by atoms with Crippen LogP contribution in [-0.2, 0) is 24.0 Å². The van der Waals surface area contributed by atoms with Crippen molar-refractivity contribution in [2.45, 2.75) is 58.0 Å². The van der Waals surface area contributed by atoms with E-state index in [0.29, 0.717) is 32.8 Å². The van der Waals surface area contributed by atoms with Crippen molar-refractivity contribution in [1.82, 2.24) is 20.2 Å². The molecular weight excluding hydrogens is 404 g/mol. The number of ether oxygens (including phenoxy) is 2. The first-order chi connectivity index (χ1) is 15.6. The van der Waals surface area contributed by atoms with Gasteiger partial charge in [-0.05, 0) is 12.0 Å². The molecule has 1 saturated heterocycles. The van der Waals surface area contributed by atoms with Crippen LogP contribution < -0.4 is 10.1 Å². The van der Waals surface area contributed by atoms with Gasteiger partial charge >= 0.3 is 6.03 Å². The fourth-order valence-electron chi connectivity index (χ4n) is 4.19. The molecule has 2 aliphatic heterocycles. The number of aromatic nitrogens is 2. The third-order valence-electron chi connectivity index (χ3n) is 6.11. The van der Waals surface area contributed by atoms with Crippen molar-refractivity contribution in [3.63, 3.8) is 0 Å². The maximum atomic E-state index is 12.5. The molecular formula is C25H34N4O3. The van der Waals surface area contributed by atoms with Crippen LogP contribution in [-0.4, -0.2) is 59.9 Å².